The Balaban J connectivity index is 1.81. The molecule has 20 heavy (non-hydrogen) atoms. The number of carbonyl (C=O) groups excluding carboxylic acids is 1. The largest absolute Gasteiger partial charge is 0.481 e. The monoisotopic (exact) mass is 298 g/mol. The molecule has 0 radical (unpaired) electrons. The van der Waals surface area contributed by atoms with E-state index in [0.29, 0.717) is 25.4 Å². The molecular formula is C12H18N4O3S. The number of carboxylic acid groups (broad SMARTS) is 1. The summed E-state index contributed by atoms with van der Waals surface area (Å²) in [7, 11) is 0. The molecule has 1 atom stereocenters. The van der Waals surface area contributed by atoms with E-state index in [2.05, 4.69) is 10.4 Å². The molecular weight excluding hydrogens is 280 g/mol. The quantitative estimate of drug-likeness (QED) is 0.826. The topological polar surface area (TPSA) is 87.5 Å². The molecule has 8 heteroatoms. The first-order valence-electron chi connectivity index (χ1n) is 6.48. The molecule has 1 aliphatic heterocycles. The summed E-state index contributed by atoms with van der Waals surface area (Å²) in [6.07, 6.45) is 3.52. The van der Waals surface area contributed by atoms with E-state index in [4.69, 9.17) is 5.11 Å². The predicted octanol–water partition coefficient (Wildman–Crippen LogP) is 0.485. The number of thioether (sulfide) groups is 1. The maximum Gasteiger partial charge on any atom is 0.317 e. The number of amides is 2. The molecule has 2 heterocycles. The zero-order chi connectivity index (χ0) is 14.4. The van der Waals surface area contributed by atoms with Crippen LogP contribution in [0.15, 0.2) is 18.5 Å². The van der Waals surface area contributed by atoms with Crippen LogP contribution < -0.4 is 5.32 Å². The molecule has 1 aromatic heterocycles. The van der Waals surface area contributed by atoms with Crippen molar-refractivity contribution >= 4 is 23.8 Å². The van der Waals surface area contributed by atoms with Crippen molar-refractivity contribution in [1.29, 1.82) is 0 Å². The zero-order valence-corrected chi connectivity index (χ0v) is 11.9. The summed E-state index contributed by atoms with van der Waals surface area (Å²) >= 11 is 1.69. The van der Waals surface area contributed by atoms with Gasteiger partial charge in [-0.2, -0.15) is 16.9 Å². The van der Waals surface area contributed by atoms with Gasteiger partial charge in [0, 0.05) is 37.0 Å². The summed E-state index contributed by atoms with van der Waals surface area (Å²) in [4.78, 5) is 24.6. The number of urea groups is 1. The first-order chi connectivity index (χ1) is 9.66. The van der Waals surface area contributed by atoms with Gasteiger partial charge in [0.15, 0.2) is 0 Å². The Labute approximate surface area is 121 Å². The van der Waals surface area contributed by atoms with Crippen molar-refractivity contribution in [2.45, 2.75) is 19.0 Å². The molecule has 2 amide bonds. The summed E-state index contributed by atoms with van der Waals surface area (Å²) in [6.45, 7) is 1.67. The molecule has 1 fully saturated rings. The SMILES string of the molecule is O=C(O)CC1CSCCN1C(=O)NCCn1cccn1. The fraction of sp³-hybridized carbons (Fsp3) is 0.583. The van der Waals surface area contributed by atoms with E-state index < -0.39 is 5.97 Å². The van der Waals surface area contributed by atoms with Gasteiger partial charge in [-0.05, 0) is 6.07 Å². The minimum absolute atomic E-state index is 0.000421. The standard InChI is InChI=1S/C12H18N4O3S/c17-11(18)8-10-9-20-7-6-16(10)12(19)13-3-5-15-4-1-2-14-15/h1-2,4,10H,3,5-9H2,(H,13,19)(H,17,18). The van der Waals surface area contributed by atoms with Gasteiger partial charge in [0.25, 0.3) is 0 Å². The molecule has 110 valence electrons. The summed E-state index contributed by atoms with van der Waals surface area (Å²) in [5.74, 6) is 0.661. The molecule has 0 saturated carbocycles. The van der Waals surface area contributed by atoms with E-state index >= 15 is 0 Å². The average molecular weight is 298 g/mol. The second-order valence-corrected chi connectivity index (χ2v) is 5.67. The second kappa shape index (κ2) is 7.18. The molecule has 0 bridgehead atoms. The highest BCUT2D eigenvalue weighted by Crippen LogP contribution is 2.18. The molecule has 2 N–H and O–H groups in total. The minimum Gasteiger partial charge on any atom is -0.481 e. The molecule has 1 aliphatic rings. The Morgan fingerprint density at radius 3 is 3.05 bits per heavy atom. The van der Waals surface area contributed by atoms with Crippen LogP contribution in [0.25, 0.3) is 0 Å². The van der Waals surface area contributed by atoms with Gasteiger partial charge in [0.1, 0.15) is 0 Å². The molecule has 1 saturated heterocycles. The number of hydrogen-bond donors (Lipinski definition) is 2. The lowest BCUT2D eigenvalue weighted by molar-refractivity contribution is -0.137. The number of aromatic nitrogens is 2. The van der Waals surface area contributed by atoms with Crippen LogP contribution in [0.3, 0.4) is 0 Å². The van der Waals surface area contributed by atoms with Crippen molar-refractivity contribution < 1.29 is 14.7 Å². The van der Waals surface area contributed by atoms with E-state index in [1.165, 1.54) is 0 Å². The van der Waals surface area contributed by atoms with Crippen molar-refractivity contribution in [2.75, 3.05) is 24.6 Å². The number of carboxylic acids is 1. The molecule has 7 nitrogen and oxygen atoms in total. The number of nitrogens with zero attached hydrogens (tertiary/aromatic N) is 3. The summed E-state index contributed by atoms with van der Waals surface area (Å²) in [5, 5.41) is 15.8. The van der Waals surface area contributed by atoms with Crippen molar-refractivity contribution in [3.63, 3.8) is 0 Å². The van der Waals surface area contributed by atoms with Crippen molar-refractivity contribution in [3.8, 4) is 0 Å². The van der Waals surface area contributed by atoms with Crippen LogP contribution in [0.5, 0.6) is 0 Å². The Hall–Kier alpha value is -1.70. The van der Waals surface area contributed by atoms with Gasteiger partial charge in [0.2, 0.25) is 0 Å². The Morgan fingerprint density at radius 1 is 1.50 bits per heavy atom. The smallest absolute Gasteiger partial charge is 0.317 e. The Morgan fingerprint density at radius 2 is 2.35 bits per heavy atom. The lowest BCUT2D eigenvalue weighted by atomic mass is 10.2. The van der Waals surface area contributed by atoms with Crippen molar-refractivity contribution in [3.05, 3.63) is 18.5 Å². The third-order valence-electron chi connectivity index (χ3n) is 3.07. The van der Waals surface area contributed by atoms with Crippen LogP contribution in [0.2, 0.25) is 0 Å². The minimum atomic E-state index is -0.869. The van der Waals surface area contributed by atoms with Crippen LogP contribution >= 0.6 is 11.8 Å². The highest BCUT2D eigenvalue weighted by molar-refractivity contribution is 7.99. The van der Waals surface area contributed by atoms with Crippen molar-refractivity contribution in [2.24, 2.45) is 0 Å². The number of hydrogen-bond acceptors (Lipinski definition) is 4. The maximum absolute atomic E-state index is 12.1. The molecule has 2 rings (SSSR count). The maximum atomic E-state index is 12.1. The fourth-order valence-electron chi connectivity index (χ4n) is 2.10. The Bertz CT molecular complexity index is 452. The fourth-order valence-corrected chi connectivity index (χ4v) is 3.17. The van der Waals surface area contributed by atoms with E-state index in [1.54, 1.807) is 27.5 Å². The first-order valence-corrected chi connectivity index (χ1v) is 7.63. The summed E-state index contributed by atoms with van der Waals surface area (Å²) < 4.78 is 1.74. The van der Waals surface area contributed by atoms with Gasteiger partial charge in [-0.15, -0.1) is 0 Å². The normalized spacial score (nSPS) is 18.8. The van der Waals surface area contributed by atoms with Crippen LogP contribution in [0.1, 0.15) is 6.42 Å². The summed E-state index contributed by atoms with van der Waals surface area (Å²) in [6, 6.07) is 1.41. The highest BCUT2D eigenvalue weighted by Gasteiger charge is 2.28. The number of carbonyl (C=O) groups is 2. The van der Waals surface area contributed by atoms with Gasteiger partial charge < -0.3 is 15.3 Å². The van der Waals surface area contributed by atoms with E-state index in [0.717, 1.165) is 5.75 Å². The van der Waals surface area contributed by atoms with E-state index in [1.807, 2.05) is 12.3 Å². The number of rotatable bonds is 5. The first kappa shape index (κ1) is 14.7. The zero-order valence-electron chi connectivity index (χ0n) is 11.1. The van der Waals surface area contributed by atoms with Gasteiger partial charge in [-0.25, -0.2) is 4.79 Å². The predicted molar refractivity (Wildman–Crippen MR) is 75.7 cm³/mol. The van der Waals surface area contributed by atoms with Gasteiger partial charge in [-0.3, -0.25) is 9.48 Å². The average Bonchev–Trinajstić information content (AvgIpc) is 2.91. The number of aliphatic carboxylic acids is 1. The van der Waals surface area contributed by atoms with E-state index in [-0.39, 0.29) is 18.5 Å². The lowest BCUT2D eigenvalue weighted by Gasteiger charge is -2.34. The van der Waals surface area contributed by atoms with Gasteiger partial charge >= 0.3 is 12.0 Å². The third-order valence-corrected chi connectivity index (χ3v) is 4.17. The molecule has 0 aliphatic carbocycles. The van der Waals surface area contributed by atoms with Gasteiger partial charge in [0.05, 0.1) is 19.0 Å². The van der Waals surface area contributed by atoms with Crippen LogP contribution in [0, 0.1) is 0 Å². The molecule has 0 aromatic carbocycles. The third kappa shape index (κ3) is 4.16. The molecule has 1 aromatic rings. The van der Waals surface area contributed by atoms with E-state index in [9.17, 15) is 9.59 Å². The van der Waals surface area contributed by atoms with Gasteiger partial charge in [-0.1, -0.05) is 0 Å². The Kier molecular flexibility index (Phi) is 5.28. The second-order valence-electron chi connectivity index (χ2n) is 4.52. The van der Waals surface area contributed by atoms with Crippen LogP contribution in [-0.4, -0.2) is 62.4 Å². The van der Waals surface area contributed by atoms with Crippen LogP contribution in [0.4, 0.5) is 4.79 Å². The summed E-state index contributed by atoms with van der Waals surface area (Å²) in [5.41, 5.74) is 0. The number of nitrogens with one attached hydrogen (secondary N) is 1. The highest BCUT2D eigenvalue weighted by atomic mass is 32.2. The van der Waals surface area contributed by atoms with Crippen molar-refractivity contribution in [1.82, 2.24) is 20.0 Å². The molecule has 1 unspecified atom stereocenters. The van der Waals surface area contributed by atoms with Crippen LogP contribution in [-0.2, 0) is 11.3 Å². The lowest BCUT2D eigenvalue weighted by Crippen LogP contribution is -2.51. The molecule has 0 spiro atoms.